The molecule has 0 aliphatic carbocycles. The lowest BCUT2D eigenvalue weighted by Gasteiger charge is -2.33. The summed E-state index contributed by atoms with van der Waals surface area (Å²) >= 11 is 0. The van der Waals surface area contributed by atoms with Gasteiger partial charge in [0.05, 0.1) is 0 Å². The zero-order chi connectivity index (χ0) is 14.9. The number of hydrogen-bond donors (Lipinski definition) is 1. The minimum absolute atomic E-state index is 0.514. The smallest absolute Gasteiger partial charge is 0.00103 e. The molecule has 19 heavy (non-hydrogen) atoms. The molecule has 0 saturated heterocycles. The molecule has 0 amide bonds. The Kier molecular flexibility index (Phi) is 9.78. The van der Waals surface area contributed by atoms with Crippen LogP contribution in [0.1, 0.15) is 87.0 Å². The molecule has 0 aliphatic rings. The summed E-state index contributed by atoms with van der Waals surface area (Å²) in [7, 11) is 0. The van der Waals surface area contributed by atoms with E-state index in [1.807, 2.05) is 0 Å². The van der Waals surface area contributed by atoms with Gasteiger partial charge < -0.3 is 5.32 Å². The molecule has 0 fully saturated rings. The molecule has 0 aromatic rings. The molecule has 0 heterocycles. The Balaban J connectivity index is 3.63. The molecule has 1 N–H and O–H groups in total. The van der Waals surface area contributed by atoms with E-state index in [1.165, 1.54) is 45.1 Å². The first-order chi connectivity index (χ1) is 8.75. The van der Waals surface area contributed by atoms with Crippen molar-refractivity contribution >= 4 is 0 Å². The quantitative estimate of drug-likeness (QED) is 0.478. The predicted molar refractivity (Wildman–Crippen MR) is 88.6 cm³/mol. The topological polar surface area (TPSA) is 12.0 Å². The Labute approximate surface area is 122 Å². The number of unbranched alkanes of at least 4 members (excludes halogenated alkanes) is 3. The van der Waals surface area contributed by atoms with Crippen LogP contribution in [0.15, 0.2) is 0 Å². The SMILES string of the molecule is CC(C)CC(C)C(C)(C)CCCCCCNC(C)C. The molecule has 0 rings (SSSR count). The van der Waals surface area contributed by atoms with E-state index in [-0.39, 0.29) is 0 Å². The molecule has 0 bridgehead atoms. The van der Waals surface area contributed by atoms with Gasteiger partial charge in [-0.3, -0.25) is 0 Å². The first-order valence-electron chi connectivity index (χ1n) is 8.49. The van der Waals surface area contributed by atoms with Gasteiger partial charge in [-0.15, -0.1) is 0 Å². The Morgan fingerprint density at radius 1 is 0.842 bits per heavy atom. The van der Waals surface area contributed by atoms with E-state index in [9.17, 15) is 0 Å². The lowest BCUT2D eigenvalue weighted by atomic mass is 9.73. The molecule has 1 nitrogen and oxygen atoms in total. The van der Waals surface area contributed by atoms with E-state index < -0.39 is 0 Å². The average Bonchev–Trinajstić information content (AvgIpc) is 2.26. The van der Waals surface area contributed by atoms with Gasteiger partial charge in [-0.25, -0.2) is 0 Å². The van der Waals surface area contributed by atoms with Crippen LogP contribution in [-0.2, 0) is 0 Å². The molecule has 0 aromatic heterocycles. The second-order valence-electron chi connectivity index (χ2n) is 7.79. The normalized spacial score (nSPS) is 14.4. The number of nitrogens with one attached hydrogen (secondary N) is 1. The van der Waals surface area contributed by atoms with Crippen LogP contribution in [-0.4, -0.2) is 12.6 Å². The summed E-state index contributed by atoms with van der Waals surface area (Å²) < 4.78 is 0. The second-order valence-corrected chi connectivity index (χ2v) is 7.79. The Morgan fingerprint density at radius 2 is 1.42 bits per heavy atom. The first-order valence-corrected chi connectivity index (χ1v) is 8.49. The molecule has 0 radical (unpaired) electrons. The maximum absolute atomic E-state index is 3.49. The minimum Gasteiger partial charge on any atom is -0.315 e. The van der Waals surface area contributed by atoms with Gasteiger partial charge in [0.2, 0.25) is 0 Å². The van der Waals surface area contributed by atoms with Crippen LogP contribution in [0.3, 0.4) is 0 Å². The van der Waals surface area contributed by atoms with Crippen LogP contribution in [0.4, 0.5) is 0 Å². The average molecular weight is 270 g/mol. The Morgan fingerprint density at radius 3 is 1.95 bits per heavy atom. The van der Waals surface area contributed by atoms with Crippen LogP contribution in [0.25, 0.3) is 0 Å². The van der Waals surface area contributed by atoms with Gasteiger partial charge in [0.25, 0.3) is 0 Å². The minimum atomic E-state index is 0.514. The zero-order valence-corrected chi connectivity index (χ0v) is 14.7. The van der Waals surface area contributed by atoms with Gasteiger partial charge in [-0.1, -0.05) is 67.7 Å². The number of rotatable bonds is 11. The molecule has 0 spiro atoms. The standard InChI is InChI=1S/C18H39N/c1-15(2)14-17(5)18(6,7)12-10-8-9-11-13-19-16(3)4/h15-17,19H,8-14H2,1-7H3. The van der Waals surface area contributed by atoms with E-state index in [1.54, 1.807) is 0 Å². The van der Waals surface area contributed by atoms with E-state index in [2.05, 4.69) is 53.8 Å². The highest BCUT2D eigenvalue weighted by atomic mass is 14.9. The highest BCUT2D eigenvalue weighted by Crippen LogP contribution is 2.36. The predicted octanol–water partition coefficient (Wildman–Crippen LogP) is 5.64. The van der Waals surface area contributed by atoms with Crippen LogP contribution >= 0.6 is 0 Å². The lowest BCUT2D eigenvalue weighted by molar-refractivity contribution is 0.177. The maximum Gasteiger partial charge on any atom is 0.00103 e. The summed E-state index contributed by atoms with van der Waals surface area (Å²) in [5, 5.41) is 3.49. The summed E-state index contributed by atoms with van der Waals surface area (Å²) in [6.45, 7) is 17.7. The van der Waals surface area contributed by atoms with Crippen molar-refractivity contribution in [3.8, 4) is 0 Å². The van der Waals surface area contributed by atoms with Crippen molar-refractivity contribution in [3.63, 3.8) is 0 Å². The largest absolute Gasteiger partial charge is 0.315 e. The van der Waals surface area contributed by atoms with Crippen molar-refractivity contribution in [2.45, 2.75) is 93.0 Å². The molecule has 1 unspecified atom stereocenters. The fraction of sp³-hybridized carbons (Fsp3) is 1.00. The zero-order valence-electron chi connectivity index (χ0n) is 14.7. The summed E-state index contributed by atoms with van der Waals surface area (Å²) in [4.78, 5) is 0. The van der Waals surface area contributed by atoms with Gasteiger partial charge in [0, 0.05) is 6.04 Å². The molecular formula is C18H39N. The van der Waals surface area contributed by atoms with E-state index in [0.29, 0.717) is 11.5 Å². The van der Waals surface area contributed by atoms with E-state index in [0.717, 1.165) is 11.8 Å². The highest BCUT2D eigenvalue weighted by molar-refractivity contribution is 4.76. The van der Waals surface area contributed by atoms with Crippen LogP contribution in [0.5, 0.6) is 0 Å². The van der Waals surface area contributed by atoms with E-state index >= 15 is 0 Å². The van der Waals surface area contributed by atoms with Gasteiger partial charge in [-0.05, 0) is 43.1 Å². The third-order valence-electron chi connectivity index (χ3n) is 4.46. The summed E-state index contributed by atoms with van der Waals surface area (Å²) in [6, 6.07) is 0.635. The third-order valence-corrected chi connectivity index (χ3v) is 4.46. The lowest BCUT2D eigenvalue weighted by Crippen LogP contribution is -2.24. The van der Waals surface area contributed by atoms with Crippen LogP contribution in [0.2, 0.25) is 0 Å². The van der Waals surface area contributed by atoms with Crippen molar-refractivity contribution in [1.82, 2.24) is 5.32 Å². The Bertz CT molecular complexity index is 206. The van der Waals surface area contributed by atoms with Crippen molar-refractivity contribution in [2.75, 3.05) is 6.54 Å². The summed E-state index contributed by atoms with van der Waals surface area (Å²) in [5.41, 5.74) is 0.514. The van der Waals surface area contributed by atoms with Crippen molar-refractivity contribution in [1.29, 1.82) is 0 Å². The molecule has 116 valence electrons. The fourth-order valence-electron chi connectivity index (χ4n) is 2.72. The molecule has 1 atom stereocenters. The van der Waals surface area contributed by atoms with Crippen LogP contribution in [0, 0.1) is 17.3 Å². The van der Waals surface area contributed by atoms with Gasteiger partial charge in [0.1, 0.15) is 0 Å². The van der Waals surface area contributed by atoms with Crippen molar-refractivity contribution in [2.24, 2.45) is 17.3 Å². The molecule has 0 saturated carbocycles. The second kappa shape index (κ2) is 9.80. The summed E-state index contributed by atoms with van der Waals surface area (Å²) in [5.74, 6) is 1.67. The van der Waals surface area contributed by atoms with E-state index in [4.69, 9.17) is 0 Å². The van der Waals surface area contributed by atoms with Gasteiger partial charge >= 0.3 is 0 Å². The molecular weight excluding hydrogens is 230 g/mol. The van der Waals surface area contributed by atoms with Gasteiger partial charge in [-0.2, -0.15) is 0 Å². The monoisotopic (exact) mass is 269 g/mol. The summed E-state index contributed by atoms with van der Waals surface area (Å²) in [6.07, 6.45) is 8.27. The number of hydrogen-bond acceptors (Lipinski definition) is 1. The molecule has 1 heteroatoms. The highest BCUT2D eigenvalue weighted by Gasteiger charge is 2.25. The fourth-order valence-corrected chi connectivity index (χ4v) is 2.72. The van der Waals surface area contributed by atoms with Gasteiger partial charge in [0.15, 0.2) is 0 Å². The Hall–Kier alpha value is -0.0400. The van der Waals surface area contributed by atoms with Crippen molar-refractivity contribution in [3.05, 3.63) is 0 Å². The van der Waals surface area contributed by atoms with Crippen LogP contribution < -0.4 is 5.32 Å². The van der Waals surface area contributed by atoms with Crippen molar-refractivity contribution < 1.29 is 0 Å². The maximum atomic E-state index is 3.49. The molecule has 0 aromatic carbocycles. The molecule has 0 aliphatic heterocycles. The first kappa shape index (κ1) is 19.0. The third kappa shape index (κ3) is 10.4.